The summed E-state index contributed by atoms with van der Waals surface area (Å²) >= 11 is 0. The molecule has 29 heavy (non-hydrogen) atoms. The van der Waals surface area contributed by atoms with Crippen LogP contribution in [0.2, 0.25) is 0 Å². The Morgan fingerprint density at radius 1 is 0.897 bits per heavy atom. The first kappa shape index (κ1) is 19.4. The van der Waals surface area contributed by atoms with Crippen molar-refractivity contribution in [1.82, 2.24) is 19.8 Å². The molecule has 0 spiro atoms. The second kappa shape index (κ2) is 8.65. The van der Waals surface area contributed by atoms with Crippen LogP contribution in [0.3, 0.4) is 0 Å². The first-order valence-electron chi connectivity index (χ1n) is 10.1. The average molecular weight is 396 g/mol. The third-order valence-electron chi connectivity index (χ3n) is 5.69. The van der Waals surface area contributed by atoms with Crippen molar-refractivity contribution in [2.75, 3.05) is 76.3 Å². The van der Waals surface area contributed by atoms with Gasteiger partial charge >= 0.3 is 0 Å². The summed E-state index contributed by atoms with van der Waals surface area (Å²) in [5.74, 6) is 2.55. The maximum Gasteiger partial charge on any atom is 0.257 e. The number of carbonyl (C=O) groups is 1. The minimum Gasteiger partial charge on any atom is -0.496 e. The van der Waals surface area contributed by atoms with Gasteiger partial charge < -0.3 is 24.3 Å². The number of carbonyl (C=O) groups excluding carboxylic acids is 1. The van der Waals surface area contributed by atoms with E-state index < -0.39 is 0 Å². The largest absolute Gasteiger partial charge is 0.496 e. The number of piperazine rings is 2. The Hall–Kier alpha value is -2.87. The Morgan fingerprint density at radius 3 is 2.10 bits per heavy atom. The lowest BCUT2D eigenvalue weighted by Crippen LogP contribution is -2.49. The van der Waals surface area contributed by atoms with Crippen LogP contribution in [0.25, 0.3) is 0 Å². The molecule has 2 aromatic rings. The Kier molecular flexibility index (Phi) is 5.80. The standard InChI is InChI=1S/C21H28N6O2/c1-24-7-9-25(10-8-24)19-15-20(23-16-22-19)26-11-13-27(14-12-26)21(28)17-5-3-4-6-18(17)29-2/h3-6,15-16H,7-14H2,1-2H3. The summed E-state index contributed by atoms with van der Waals surface area (Å²) in [4.78, 5) is 30.6. The fraction of sp³-hybridized carbons (Fsp3) is 0.476. The van der Waals surface area contributed by atoms with Gasteiger partial charge in [0.1, 0.15) is 23.7 Å². The molecule has 0 aliphatic carbocycles. The average Bonchev–Trinajstić information content (AvgIpc) is 2.79. The normalized spacial score (nSPS) is 18.1. The van der Waals surface area contributed by atoms with E-state index in [9.17, 15) is 4.79 Å². The van der Waals surface area contributed by atoms with Gasteiger partial charge in [0.25, 0.3) is 5.91 Å². The van der Waals surface area contributed by atoms with Gasteiger partial charge in [0.05, 0.1) is 12.7 Å². The molecule has 0 atom stereocenters. The van der Waals surface area contributed by atoms with E-state index in [1.54, 1.807) is 13.4 Å². The highest BCUT2D eigenvalue weighted by Crippen LogP contribution is 2.23. The van der Waals surface area contributed by atoms with E-state index in [1.165, 1.54) is 0 Å². The zero-order chi connectivity index (χ0) is 20.2. The predicted octanol–water partition coefficient (Wildman–Crippen LogP) is 1.20. The van der Waals surface area contributed by atoms with Crippen LogP contribution < -0.4 is 14.5 Å². The van der Waals surface area contributed by atoms with Crippen molar-refractivity contribution in [3.05, 3.63) is 42.2 Å². The molecule has 0 N–H and O–H groups in total. The number of nitrogens with zero attached hydrogens (tertiary/aromatic N) is 6. The molecule has 8 nitrogen and oxygen atoms in total. The monoisotopic (exact) mass is 396 g/mol. The molecule has 1 aromatic heterocycles. The molecule has 2 aliphatic heterocycles. The second-order valence-electron chi connectivity index (χ2n) is 7.50. The van der Waals surface area contributed by atoms with E-state index in [4.69, 9.17) is 4.74 Å². The first-order valence-corrected chi connectivity index (χ1v) is 10.1. The van der Waals surface area contributed by atoms with Crippen LogP contribution in [0.15, 0.2) is 36.7 Å². The van der Waals surface area contributed by atoms with Crippen LogP contribution in [0.4, 0.5) is 11.6 Å². The van der Waals surface area contributed by atoms with Crippen molar-refractivity contribution in [2.45, 2.75) is 0 Å². The number of para-hydroxylation sites is 1. The number of hydrogen-bond acceptors (Lipinski definition) is 7. The van der Waals surface area contributed by atoms with E-state index in [0.29, 0.717) is 24.4 Å². The SMILES string of the molecule is COc1ccccc1C(=O)N1CCN(c2cc(N3CCN(C)CC3)ncn2)CC1. The van der Waals surface area contributed by atoms with E-state index in [1.807, 2.05) is 29.2 Å². The highest BCUT2D eigenvalue weighted by atomic mass is 16.5. The van der Waals surface area contributed by atoms with Crippen LogP contribution in [-0.4, -0.2) is 92.2 Å². The summed E-state index contributed by atoms with van der Waals surface area (Å²) in [6.45, 7) is 6.87. The van der Waals surface area contributed by atoms with Crippen LogP contribution in [0, 0.1) is 0 Å². The molecule has 0 saturated carbocycles. The maximum atomic E-state index is 12.9. The zero-order valence-electron chi connectivity index (χ0n) is 17.1. The van der Waals surface area contributed by atoms with Crippen molar-refractivity contribution in [3.63, 3.8) is 0 Å². The number of methoxy groups -OCH3 is 1. The molecule has 2 fully saturated rings. The van der Waals surface area contributed by atoms with Crippen molar-refractivity contribution in [1.29, 1.82) is 0 Å². The Morgan fingerprint density at radius 2 is 1.48 bits per heavy atom. The summed E-state index contributed by atoms with van der Waals surface area (Å²) in [5, 5.41) is 0. The van der Waals surface area contributed by atoms with E-state index in [2.05, 4.69) is 37.8 Å². The number of rotatable bonds is 4. The minimum absolute atomic E-state index is 0.0166. The lowest BCUT2D eigenvalue weighted by Gasteiger charge is -2.36. The molecule has 0 bridgehead atoms. The topological polar surface area (TPSA) is 65.0 Å². The Bertz CT molecular complexity index is 845. The van der Waals surface area contributed by atoms with Gasteiger partial charge in [-0.15, -0.1) is 0 Å². The van der Waals surface area contributed by atoms with Crippen LogP contribution in [-0.2, 0) is 0 Å². The molecule has 2 saturated heterocycles. The van der Waals surface area contributed by atoms with Crippen LogP contribution in [0.5, 0.6) is 5.75 Å². The molecule has 4 rings (SSSR count). The van der Waals surface area contributed by atoms with Gasteiger partial charge in [-0.25, -0.2) is 9.97 Å². The fourth-order valence-corrected chi connectivity index (χ4v) is 3.85. The molecule has 2 aliphatic rings. The summed E-state index contributed by atoms with van der Waals surface area (Å²) in [7, 11) is 3.74. The molecule has 1 amide bonds. The molecule has 0 radical (unpaired) electrons. The van der Waals surface area contributed by atoms with E-state index in [-0.39, 0.29) is 5.91 Å². The van der Waals surface area contributed by atoms with E-state index >= 15 is 0 Å². The Labute approximate surface area is 171 Å². The van der Waals surface area contributed by atoms with Gasteiger partial charge in [-0.3, -0.25) is 4.79 Å². The fourth-order valence-electron chi connectivity index (χ4n) is 3.85. The summed E-state index contributed by atoms with van der Waals surface area (Å²) in [6.07, 6.45) is 1.65. The quantitative estimate of drug-likeness (QED) is 0.769. The highest BCUT2D eigenvalue weighted by Gasteiger charge is 2.25. The number of aromatic nitrogens is 2. The molecular weight excluding hydrogens is 368 g/mol. The number of benzene rings is 1. The van der Waals surface area contributed by atoms with Gasteiger partial charge in [-0.05, 0) is 19.2 Å². The van der Waals surface area contributed by atoms with Gasteiger partial charge in [0.2, 0.25) is 0 Å². The van der Waals surface area contributed by atoms with Crippen molar-refractivity contribution < 1.29 is 9.53 Å². The molecule has 1 aromatic carbocycles. The second-order valence-corrected chi connectivity index (χ2v) is 7.50. The number of ether oxygens (including phenoxy) is 1. The van der Waals surface area contributed by atoms with Crippen LogP contribution in [0.1, 0.15) is 10.4 Å². The highest BCUT2D eigenvalue weighted by molar-refractivity contribution is 5.97. The number of hydrogen-bond donors (Lipinski definition) is 0. The van der Waals surface area contributed by atoms with Gasteiger partial charge in [0.15, 0.2) is 0 Å². The smallest absolute Gasteiger partial charge is 0.257 e. The summed E-state index contributed by atoms with van der Waals surface area (Å²) < 4.78 is 5.34. The van der Waals surface area contributed by atoms with Crippen LogP contribution >= 0.6 is 0 Å². The van der Waals surface area contributed by atoms with Gasteiger partial charge in [-0.1, -0.05) is 12.1 Å². The molecule has 3 heterocycles. The molecule has 0 unspecified atom stereocenters. The van der Waals surface area contributed by atoms with Gasteiger partial charge in [-0.2, -0.15) is 0 Å². The summed E-state index contributed by atoms with van der Waals surface area (Å²) in [6, 6.07) is 9.46. The third kappa shape index (κ3) is 4.27. The molecule has 8 heteroatoms. The lowest BCUT2D eigenvalue weighted by molar-refractivity contribution is 0.0743. The number of likely N-dealkylation sites (N-methyl/N-ethyl adjacent to an activating group) is 1. The lowest BCUT2D eigenvalue weighted by atomic mass is 10.1. The zero-order valence-corrected chi connectivity index (χ0v) is 17.1. The third-order valence-corrected chi connectivity index (χ3v) is 5.69. The predicted molar refractivity (Wildman–Crippen MR) is 113 cm³/mol. The molecule has 154 valence electrons. The number of amides is 1. The van der Waals surface area contributed by atoms with Crippen molar-refractivity contribution >= 4 is 17.5 Å². The van der Waals surface area contributed by atoms with Gasteiger partial charge in [0, 0.05) is 58.4 Å². The van der Waals surface area contributed by atoms with E-state index in [0.717, 1.165) is 50.9 Å². The summed E-state index contributed by atoms with van der Waals surface area (Å²) in [5.41, 5.74) is 0.614. The number of anilines is 2. The van der Waals surface area contributed by atoms with Crippen molar-refractivity contribution in [2.24, 2.45) is 0 Å². The molecular formula is C21H28N6O2. The first-order chi connectivity index (χ1) is 14.2. The van der Waals surface area contributed by atoms with Crippen molar-refractivity contribution in [3.8, 4) is 5.75 Å². The maximum absolute atomic E-state index is 12.9. The minimum atomic E-state index is 0.0166. The Balaban J connectivity index is 1.40.